The van der Waals surface area contributed by atoms with Gasteiger partial charge >= 0.3 is 5.97 Å². The number of benzene rings is 1. The zero-order valence-corrected chi connectivity index (χ0v) is 14.1. The molecule has 0 bridgehead atoms. The molecule has 2 aromatic heterocycles. The molecule has 2 heterocycles. The molecule has 1 aromatic carbocycles. The fourth-order valence-electron chi connectivity index (χ4n) is 2.35. The third-order valence-electron chi connectivity index (χ3n) is 3.70. The van der Waals surface area contributed by atoms with Gasteiger partial charge in [-0.1, -0.05) is 30.3 Å². The van der Waals surface area contributed by atoms with Crippen LogP contribution in [-0.2, 0) is 34.5 Å². The molecule has 0 spiro atoms. The summed E-state index contributed by atoms with van der Waals surface area (Å²) in [7, 11) is 1.67. The van der Waals surface area contributed by atoms with Gasteiger partial charge in [0.1, 0.15) is 31.4 Å². The molecule has 0 saturated heterocycles. The van der Waals surface area contributed by atoms with Crippen molar-refractivity contribution >= 4 is 22.9 Å². The molecule has 0 aliphatic carbocycles. The Morgan fingerprint density at radius 3 is 2.77 bits per heavy atom. The number of hydrogen-bond acceptors (Lipinski definition) is 6. The van der Waals surface area contributed by atoms with Crippen molar-refractivity contribution in [2.24, 2.45) is 7.05 Å². The van der Waals surface area contributed by atoms with E-state index in [1.807, 2.05) is 30.3 Å². The number of nitrogens with zero attached hydrogens (tertiary/aromatic N) is 4. The quantitative estimate of drug-likeness (QED) is 0.623. The average Bonchev–Trinajstić information content (AvgIpc) is 3.03. The van der Waals surface area contributed by atoms with Crippen molar-refractivity contribution in [1.82, 2.24) is 24.6 Å². The van der Waals surface area contributed by atoms with E-state index in [1.54, 1.807) is 7.05 Å². The van der Waals surface area contributed by atoms with E-state index < -0.39 is 11.9 Å². The number of carbonyl (C=O) groups is 2. The maximum atomic E-state index is 12.3. The standard InChI is InChI=1S/C17H17N5O4/c1-21-16-13(7-20-21)17(25)22(11-19-16)9-14(23)18-8-15(24)26-10-12-5-3-2-4-6-12/h2-7,11H,8-10H2,1H3,(H,18,23). The van der Waals surface area contributed by atoms with Crippen molar-refractivity contribution in [1.29, 1.82) is 0 Å². The van der Waals surface area contributed by atoms with Gasteiger partial charge < -0.3 is 10.1 Å². The van der Waals surface area contributed by atoms with Gasteiger partial charge in [0.2, 0.25) is 5.91 Å². The van der Waals surface area contributed by atoms with Crippen molar-refractivity contribution in [2.45, 2.75) is 13.2 Å². The SMILES string of the molecule is Cn1ncc2c(=O)n(CC(=O)NCC(=O)OCc3ccccc3)cnc21. The van der Waals surface area contributed by atoms with Gasteiger partial charge in [0, 0.05) is 7.05 Å². The van der Waals surface area contributed by atoms with Crippen LogP contribution >= 0.6 is 0 Å². The topological polar surface area (TPSA) is 108 Å². The summed E-state index contributed by atoms with van der Waals surface area (Å²) in [5.41, 5.74) is 0.927. The summed E-state index contributed by atoms with van der Waals surface area (Å²) in [4.78, 5) is 40.0. The second-order valence-corrected chi connectivity index (χ2v) is 5.61. The smallest absolute Gasteiger partial charge is 0.325 e. The summed E-state index contributed by atoms with van der Waals surface area (Å²) in [5, 5.41) is 6.71. The third-order valence-corrected chi connectivity index (χ3v) is 3.70. The lowest BCUT2D eigenvalue weighted by atomic mass is 10.2. The number of aryl methyl sites for hydroxylation is 1. The monoisotopic (exact) mass is 355 g/mol. The van der Waals surface area contributed by atoms with Crippen LogP contribution in [0.25, 0.3) is 11.0 Å². The lowest BCUT2D eigenvalue weighted by Gasteiger charge is -2.08. The molecule has 9 nitrogen and oxygen atoms in total. The van der Waals surface area contributed by atoms with E-state index in [4.69, 9.17) is 4.74 Å². The molecule has 1 amide bonds. The Kier molecular flexibility index (Phi) is 5.07. The predicted octanol–water partition coefficient (Wildman–Crippen LogP) is -0.0104. The minimum Gasteiger partial charge on any atom is -0.460 e. The van der Waals surface area contributed by atoms with Crippen molar-refractivity contribution in [3.8, 4) is 0 Å². The Hall–Kier alpha value is -3.49. The molecule has 0 fully saturated rings. The first-order valence-electron chi connectivity index (χ1n) is 7.88. The van der Waals surface area contributed by atoms with Gasteiger partial charge in [-0.25, -0.2) is 4.98 Å². The van der Waals surface area contributed by atoms with Crippen LogP contribution in [0.3, 0.4) is 0 Å². The van der Waals surface area contributed by atoms with Crippen LogP contribution in [0, 0.1) is 0 Å². The number of aromatic nitrogens is 4. The zero-order valence-electron chi connectivity index (χ0n) is 14.1. The van der Waals surface area contributed by atoms with Gasteiger partial charge in [-0.3, -0.25) is 23.6 Å². The maximum Gasteiger partial charge on any atom is 0.325 e. The molecule has 26 heavy (non-hydrogen) atoms. The highest BCUT2D eigenvalue weighted by Crippen LogP contribution is 2.03. The average molecular weight is 355 g/mol. The molecule has 1 N–H and O–H groups in total. The highest BCUT2D eigenvalue weighted by atomic mass is 16.5. The van der Waals surface area contributed by atoms with E-state index in [9.17, 15) is 14.4 Å². The Balaban J connectivity index is 1.52. The van der Waals surface area contributed by atoms with Gasteiger partial charge in [-0.2, -0.15) is 5.10 Å². The summed E-state index contributed by atoms with van der Waals surface area (Å²) in [5.74, 6) is -1.05. The third kappa shape index (κ3) is 3.94. The highest BCUT2D eigenvalue weighted by molar-refractivity contribution is 5.82. The first kappa shape index (κ1) is 17.3. The Morgan fingerprint density at radius 2 is 2.00 bits per heavy atom. The van der Waals surface area contributed by atoms with Crippen LogP contribution in [0.15, 0.2) is 47.7 Å². The normalized spacial score (nSPS) is 10.7. The first-order chi connectivity index (χ1) is 12.5. The number of amides is 1. The minimum absolute atomic E-state index is 0.136. The van der Waals surface area contributed by atoms with Gasteiger partial charge in [-0.05, 0) is 5.56 Å². The van der Waals surface area contributed by atoms with Crippen molar-refractivity contribution < 1.29 is 14.3 Å². The molecular weight excluding hydrogens is 338 g/mol. The van der Waals surface area contributed by atoms with Gasteiger partial charge in [0.05, 0.1) is 6.20 Å². The molecule has 0 unspecified atom stereocenters. The summed E-state index contributed by atoms with van der Waals surface area (Å²) < 4.78 is 7.70. The molecule has 0 saturated carbocycles. The second kappa shape index (κ2) is 7.60. The number of esters is 1. The van der Waals surface area contributed by atoms with Gasteiger partial charge in [0.25, 0.3) is 5.56 Å². The van der Waals surface area contributed by atoms with Gasteiger partial charge in [0.15, 0.2) is 5.65 Å². The van der Waals surface area contributed by atoms with Crippen LogP contribution in [-0.4, -0.2) is 37.8 Å². The second-order valence-electron chi connectivity index (χ2n) is 5.61. The van der Waals surface area contributed by atoms with E-state index in [0.717, 1.165) is 10.1 Å². The van der Waals surface area contributed by atoms with Crippen LogP contribution in [0.2, 0.25) is 0 Å². The lowest BCUT2D eigenvalue weighted by molar-refractivity contribution is -0.145. The largest absolute Gasteiger partial charge is 0.460 e. The zero-order chi connectivity index (χ0) is 18.5. The van der Waals surface area contributed by atoms with E-state index in [0.29, 0.717) is 11.0 Å². The van der Waals surface area contributed by atoms with Crippen molar-refractivity contribution in [3.63, 3.8) is 0 Å². The molecule has 0 atom stereocenters. The summed E-state index contributed by atoms with van der Waals surface area (Å²) >= 11 is 0. The fourth-order valence-corrected chi connectivity index (χ4v) is 2.35. The van der Waals surface area contributed by atoms with Crippen LogP contribution in [0.5, 0.6) is 0 Å². The van der Waals surface area contributed by atoms with E-state index in [2.05, 4.69) is 15.4 Å². The van der Waals surface area contributed by atoms with E-state index >= 15 is 0 Å². The summed E-state index contributed by atoms with van der Waals surface area (Å²) in [6, 6.07) is 9.22. The molecule has 0 aliphatic heterocycles. The molecule has 0 radical (unpaired) electrons. The summed E-state index contributed by atoms with van der Waals surface area (Å²) in [6.07, 6.45) is 2.68. The van der Waals surface area contributed by atoms with Crippen LogP contribution in [0.1, 0.15) is 5.56 Å². The molecule has 3 rings (SSSR count). The van der Waals surface area contributed by atoms with E-state index in [1.165, 1.54) is 17.2 Å². The van der Waals surface area contributed by atoms with Gasteiger partial charge in [-0.15, -0.1) is 0 Å². The van der Waals surface area contributed by atoms with Crippen molar-refractivity contribution in [2.75, 3.05) is 6.54 Å². The maximum absolute atomic E-state index is 12.3. The number of nitrogens with one attached hydrogen (secondary N) is 1. The predicted molar refractivity (Wildman–Crippen MR) is 92.0 cm³/mol. The Bertz CT molecular complexity index is 993. The van der Waals surface area contributed by atoms with E-state index in [-0.39, 0.29) is 25.3 Å². The fraction of sp³-hybridized carbons (Fsp3) is 0.235. The molecule has 134 valence electrons. The number of fused-ring (bicyclic) bond motifs is 1. The first-order valence-corrected chi connectivity index (χ1v) is 7.88. The van der Waals surface area contributed by atoms with Crippen LogP contribution < -0.4 is 10.9 Å². The Labute approximate surface area is 148 Å². The number of rotatable bonds is 6. The highest BCUT2D eigenvalue weighted by Gasteiger charge is 2.12. The molecule has 0 aliphatic rings. The van der Waals surface area contributed by atoms with Crippen molar-refractivity contribution in [3.05, 3.63) is 58.8 Å². The molecule has 3 aromatic rings. The Morgan fingerprint density at radius 1 is 1.23 bits per heavy atom. The minimum atomic E-state index is -0.560. The number of carbonyl (C=O) groups excluding carboxylic acids is 2. The van der Waals surface area contributed by atoms with Crippen LogP contribution in [0.4, 0.5) is 0 Å². The molecule has 9 heteroatoms. The number of hydrogen-bond donors (Lipinski definition) is 1. The summed E-state index contributed by atoms with van der Waals surface area (Å²) in [6.45, 7) is -0.387. The lowest BCUT2D eigenvalue weighted by Crippen LogP contribution is -2.35. The molecular formula is C17H17N5O4. The number of ether oxygens (including phenoxy) is 1.